The van der Waals surface area contributed by atoms with Crippen molar-refractivity contribution in [1.29, 1.82) is 0 Å². The number of benzene rings is 2. The second-order valence-electron chi connectivity index (χ2n) is 6.57. The Bertz CT molecular complexity index is 673. The molecule has 0 aromatic heterocycles. The van der Waals surface area contributed by atoms with E-state index in [1.165, 1.54) is 24.0 Å². The highest BCUT2D eigenvalue weighted by Crippen LogP contribution is 2.25. The molecule has 1 saturated heterocycles. The van der Waals surface area contributed by atoms with Crippen molar-refractivity contribution in [3.05, 3.63) is 65.7 Å². The molecule has 1 unspecified atom stereocenters. The van der Waals surface area contributed by atoms with Crippen LogP contribution in [0.1, 0.15) is 36.9 Å². The summed E-state index contributed by atoms with van der Waals surface area (Å²) >= 11 is 0. The van der Waals surface area contributed by atoms with Gasteiger partial charge in [-0.1, -0.05) is 49.4 Å². The van der Waals surface area contributed by atoms with Gasteiger partial charge in [-0.3, -0.25) is 9.89 Å². The van der Waals surface area contributed by atoms with Gasteiger partial charge in [-0.2, -0.15) is 0 Å². The number of hydrogen-bond donors (Lipinski definition) is 2. The number of guanidine groups is 1. The lowest BCUT2D eigenvalue weighted by molar-refractivity contribution is 0.252. The minimum Gasteiger partial charge on any atom is -0.370 e. The fraction of sp³-hybridized carbons (Fsp3) is 0.381. The largest absolute Gasteiger partial charge is 0.370 e. The molecule has 0 saturated carbocycles. The number of rotatable bonds is 6. The Morgan fingerprint density at radius 3 is 2.40 bits per heavy atom. The number of likely N-dealkylation sites (tertiary alicyclic amines) is 1. The highest BCUT2D eigenvalue weighted by Gasteiger charge is 2.23. The predicted molar refractivity (Wildman–Crippen MR) is 106 cm³/mol. The molecule has 3 N–H and O–H groups in total. The van der Waals surface area contributed by atoms with Gasteiger partial charge in [0.05, 0.1) is 12.6 Å². The van der Waals surface area contributed by atoms with Gasteiger partial charge in [-0.05, 0) is 55.6 Å². The zero-order chi connectivity index (χ0) is 17.5. The fourth-order valence-electron chi connectivity index (χ4n) is 3.36. The summed E-state index contributed by atoms with van der Waals surface area (Å²) in [5.41, 5.74) is 9.74. The molecule has 0 aliphatic carbocycles. The molecule has 1 aliphatic rings. The molecule has 1 atom stereocenters. The van der Waals surface area contributed by atoms with Crippen molar-refractivity contribution in [2.24, 2.45) is 10.7 Å². The van der Waals surface area contributed by atoms with E-state index in [9.17, 15) is 0 Å². The number of nitrogens with two attached hydrogens (primary N) is 1. The van der Waals surface area contributed by atoms with Gasteiger partial charge in [0.2, 0.25) is 0 Å². The van der Waals surface area contributed by atoms with Crippen molar-refractivity contribution in [1.82, 2.24) is 4.90 Å². The minimum absolute atomic E-state index is 0.298. The van der Waals surface area contributed by atoms with E-state index in [1.807, 2.05) is 0 Å². The van der Waals surface area contributed by atoms with Gasteiger partial charge in [-0.25, -0.2) is 0 Å². The van der Waals surface area contributed by atoms with E-state index in [2.05, 4.69) is 76.7 Å². The van der Waals surface area contributed by atoms with Crippen LogP contribution in [0.2, 0.25) is 0 Å². The van der Waals surface area contributed by atoms with Gasteiger partial charge in [0.1, 0.15) is 0 Å². The molecule has 1 aliphatic heterocycles. The van der Waals surface area contributed by atoms with Gasteiger partial charge in [0.15, 0.2) is 5.96 Å². The molecule has 25 heavy (non-hydrogen) atoms. The van der Waals surface area contributed by atoms with Crippen LogP contribution in [-0.4, -0.2) is 30.5 Å². The quantitative estimate of drug-likeness (QED) is 0.623. The Morgan fingerprint density at radius 1 is 1.08 bits per heavy atom. The lowest BCUT2D eigenvalue weighted by Crippen LogP contribution is -2.30. The van der Waals surface area contributed by atoms with E-state index in [4.69, 9.17) is 5.73 Å². The predicted octanol–water partition coefficient (Wildman–Crippen LogP) is 3.81. The van der Waals surface area contributed by atoms with Crippen LogP contribution in [0.5, 0.6) is 0 Å². The number of hydrogen-bond acceptors (Lipinski definition) is 2. The number of nitrogens with one attached hydrogen (secondary N) is 1. The number of aryl methyl sites for hydroxylation is 1. The van der Waals surface area contributed by atoms with Crippen LogP contribution in [0, 0.1) is 0 Å². The maximum atomic E-state index is 6.12. The summed E-state index contributed by atoms with van der Waals surface area (Å²) in [6.07, 6.45) is 3.58. The monoisotopic (exact) mass is 336 g/mol. The first-order valence-electron chi connectivity index (χ1n) is 9.21. The molecule has 2 aromatic rings. The smallest absolute Gasteiger partial charge is 0.193 e. The second-order valence-corrected chi connectivity index (χ2v) is 6.57. The van der Waals surface area contributed by atoms with Crippen molar-refractivity contribution in [3.8, 4) is 0 Å². The fourth-order valence-corrected chi connectivity index (χ4v) is 3.36. The number of aliphatic imine (C=N–C) groups is 1. The van der Waals surface area contributed by atoms with Gasteiger partial charge in [0, 0.05) is 5.69 Å². The molecule has 0 amide bonds. The second kappa shape index (κ2) is 8.67. The van der Waals surface area contributed by atoms with Crippen LogP contribution >= 0.6 is 0 Å². The Balaban J connectivity index is 1.67. The minimum atomic E-state index is 0.298. The molecule has 0 spiro atoms. The van der Waals surface area contributed by atoms with Crippen molar-refractivity contribution in [2.45, 2.75) is 32.2 Å². The summed E-state index contributed by atoms with van der Waals surface area (Å²) in [5.74, 6) is 0.476. The van der Waals surface area contributed by atoms with E-state index < -0.39 is 0 Å². The summed E-state index contributed by atoms with van der Waals surface area (Å²) < 4.78 is 0. The summed E-state index contributed by atoms with van der Waals surface area (Å²) in [5, 5.41) is 3.20. The van der Waals surface area contributed by atoms with Crippen LogP contribution in [0.3, 0.4) is 0 Å². The van der Waals surface area contributed by atoms with Crippen molar-refractivity contribution in [3.63, 3.8) is 0 Å². The first-order valence-corrected chi connectivity index (χ1v) is 9.21. The molecule has 2 aromatic carbocycles. The first-order chi connectivity index (χ1) is 12.3. The third-order valence-electron chi connectivity index (χ3n) is 4.83. The van der Waals surface area contributed by atoms with Gasteiger partial charge >= 0.3 is 0 Å². The van der Waals surface area contributed by atoms with Crippen molar-refractivity contribution < 1.29 is 0 Å². The Kier molecular flexibility index (Phi) is 6.07. The SMILES string of the molecule is CCc1ccc(NC(N)=NCC(c2ccccc2)N2CCCC2)cc1. The summed E-state index contributed by atoms with van der Waals surface area (Å²) in [4.78, 5) is 7.14. The van der Waals surface area contributed by atoms with E-state index in [1.54, 1.807) is 0 Å². The average molecular weight is 336 g/mol. The Morgan fingerprint density at radius 2 is 1.76 bits per heavy atom. The number of nitrogens with zero attached hydrogens (tertiary/aromatic N) is 2. The molecule has 3 rings (SSSR count). The normalized spacial score (nSPS) is 16.8. The van der Waals surface area contributed by atoms with Crippen LogP contribution in [-0.2, 0) is 6.42 Å². The molecule has 4 nitrogen and oxygen atoms in total. The van der Waals surface area contributed by atoms with Crippen LogP contribution in [0.4, 0.5) is 5.69 Å². The van der Waals surface area contributed by atoms with Gasteiger partial charge < -0.3 is 11.1 Å². The molecular formula is C21H28N4. The lowest BCUT2D eigenvalue weighted by Gasteiger charge is -2.26. The maximum absolute atomic E-state index is 6.12. The van der Waals surface area contributed by atoms with Crippen molar-refractivity contribution >= 4 is 11.6 Å². The molecule has 1 heterocycles. The van der Waals surface area contributed by atoms with Crippen molar-refractivity contribution in [2.75, 3.05) is 25.0 Å². The summed E-state index contributed by atoms with van der Waals surface area (Å²) in [6, 6.07) is 19.3. The molecule has 0 radical (unpaired) electrons. The molecule has 0 bridgehead atoms. The van der Waals surface area contributed by atoms with Crippen LogP contribution < -0.4 is 11.1 Å². The maximum Gasteiger partial charge on any atom is 0.193 e. The lowest BCUT2D eigenvalue weighted by atomic mass is 10.1. The van der Waals surface area contributed by atoms with Gasteiger partial charge in [0.25, 0.3) is 0 Å². The van der Waals surface area contributed by atoms with Gasteiger partial charge in [-0.15, -0.1) is 0 Å². The van der Waals surface area contributed by atoms with E-state index in [0.717, 1.165) is 25.2 Å². The molecule has 4 heteroatoms. The van der Waals surface area contributed by atoms with E-state index in [0.29, 0.717) is 18.5 Å². The van der Waals surface area contributed by atoms with Crippen LogP contribution in [0.25, 0.3) is 0 Å². The van der Waals surface area contributed by atoms with E-state index in [-0.39, 0.29) is 0 Å². The van der Waals surface area contributed by atoms with Crippen LogP contribution in [0.15, 0.2) is 59.6 Å². The Labute approximate surface area is 150 Å². The Hall–Kier alpha value is -2.33. The third kappa shape index (κ3) is 4.83. The number of anilines is 1. The molecular weight excluding hydrogens is 308 g/mol. The average Bonchev–Trinajstić information content (AvgIpc) is 3.18. The first kappa shape index (κ1) is 17.5. The molecule has 132 valence electrons. The zero-order valence-corrected chi connectivity index (χ0v) is 15.0. The summed E-state index contributed by atoms with van der Waals surface area (Å²) in [6.45, 7) is 5.11. The molecule has 1 fully saturated rings. The standard InChI is InChI=1S/C21H28N4/c1-2-17-10-12-19(13-11-17)24-21(22)23-16-20(25-14-6-7-15-25)18-8-4-3-5-9-18/h3-5,8-13,20H,2,6-7,14-16H2,1H3,(H3,22,23,24). The highest BCUT2D eigenvalue weighted by molar-refractivity contribution is 5.92. The van der Waals surface area contributed by atoms with E-state index >= 15 is 0 Å². The third-order valence-corrected chi connectivity index (χ3v) is 4.83. The topological polar surface area (TPSA) is 53.6 Å². The summed E-state index contributed by atoms with van der Waals surface area (Å²) in [7, 11) is 0. The zero-order valence-electron chi connectivity index (χ0n) is 15.0. The highest BCUT2D eigenvalue weighted by atomic mass is 15.2.